The van der Waals surface area contributed by atoms with Gasteiger partial charge in [-0.3, -0.25) is 0 Å². The van der Waals surface area contributed by atoms with Gasteiger partial charge >= 0.3 is 6.09 Å². The molecule has 1 heterocycles. The topological polar surface area (TPSA) is 67.8 Å². The first-order valence-corrected chi connectivity index (χ1v) is 12.9. The predicted molar refractivity (Wildman–Crippen MR) is 124 cm³/mol. The molecule has 0 radical (unpaired) electrons. The number of carbonyl (C=O) groups excluding carboxylic acids is 1. The number of amides is 1. The molecule has 2 atom stereocenters. The number of hydrogen-bond acceptors (Lipinski definition) is 4. The van der Waals surface area contributed by atoms with Gasteiger partial charge < -0.3 is 19.9 Å². The first-order chi connectivity index (χ1) is 14.8. The smallest absolute Gasteiger partial charge is 0.407 e. The largest absolute Gasteiger partial charge is 0.447 e. The minimum atomic E-state index is -0.355. The molecule has 178 valence electrons. The molecule has 0 spiro atoms. The second kappa shape index (κ2) is 20.1. The Bertz CT molecular complexity index is 391. The van der Waals surface area contributed by atoms with Crippen LogP contribution in [0.15, 0.2) is 0 Å². The van der Waals surface area contributed by atoms with E-state index in [-0.39, 0.29) is 31.5 Å². The molecule has 5 heteroatoms. The Morgan fingerprint density at radius 1 is 0.800 bits per heavy atom. The van der Waals surface area contributed by atoms with Crippen molar-refractivity contribution in [2.24, 2.45) is 0 Å². The minimum Gasteiger partial charge on any atom is -0.447 e. The van der Waals surface area contributed by atoms with E-state index < -0.39 is 0 Å². The van der Waals surface area contributed by atoms with Crippen LogP contribution in [0.2, 0.25) is 0 Å². The standard InChI is InChI=1S/C25H49NO4/c1-2-3-4-5-6-7-8-9-10-11-12-13-14-15-16-17-20-26-25(28)29-22-24-19-18-23(21-27)30-24/h23-24,27H,2-22H2,1H3,(H,26,28)/t23-,24+/m0/s1. The summed E-state index contributed by atoms with van der Waals surface area (Å²) in [6.07, 6.45) is 22.8. The van der Waals surface area contributed by atoms with Gasteiger partial charge in [-0.25, -0.2) is 4.79 Å². The number of hydrogen-bond donors (Lipinski definition) is 2. The third kappa shape index (κ3) is 16.0. The van der Waals surface area contributed by atoms with E-state index in [0.29, 0.717) is 6.54 Å². The van der Waals surface area contributed by atoms with Gasteiger partial charge in [-0.15, -0.1) is 0 Å². The summed E-state index contributed by atoms with van der Waals surface area (Å²) in [6.45, 7) is 3.28. The van der Waals surface area contributed by atoms with Gasteiger partial charge in [0.2, 0.25) is 0 Å². The Kier molecular flexibility index (Phi) is 18.3. The van der Waals surface area contributed by atoms with Gasteiger partial charge in [0.25, 0.3) is 0 Å². The molecule has 5 nitrogen and oxygen atoms in total. The van der Waals surface area contributed by atoms with Crippen molar-refractivity contribution >= 4 is 6.09 Å². The van der Waals surface area contributed by atoms with Crippen molar-refractivity contribution in [1.82, 2.24) is 5.32 Å². The number of ether oxygens (including phenoxy) is 2. The van der Waals surface area contributed by atoms with Crippen molar-refractivity contribution in [1.29, 1.82) is 0 Å². The summed E-state index contributed by atoms with van der Waals surface area (Å²) in [5.41, 5.74) is 0. The molecule has 1 aliphatic heterocycles. The molecule has 2 N–H and O–H groups in total. The van der Waals surface area contributed by atoms with Gasteiger partial charge in [-0.1, -0.05) is 103 Å². The van der Waals surface area contributed by atoms with Gasteiger partial charge in [0, 0.05) is 6.54 Å². The first-order valence-electron chi connectivity index (χ1n) is 12.9. The van der Waals surface area contributed by atoms with Crippen LogP contribution in [0, 0.1) is 0 Å². The average Bonchev–Trinajstić information content (AvgIpc) is 3.22. The van der Waals surface area contributed by atoms with Crippen LogP contribution in [0.5, 0.6) is 0 Å². The third-order valence-corrected chi connectivity index (χ3v) is 6.10. The molecular formula is C25H49NO4. The molecule has 1 saturated heterocycles. The second-order valence-corrected chi connectivity index (χ2v) is 8.97. The first kappa shape index (κ1) is 27.2. The molecule has 0 aromatic heterocycles. The van der Waals surface area contributed by atoms with E-state index in [1.807, 2.05) is 0 Å². The van der Waals surface area contributed by atoms with Crippen LogP contribution < -0.4 is 5.32 Å². The fourth-order valence-corrected chi connectivity index (χ4v) is 4.12. The van der Waals surface area contributed by atoms with E-state index in [1.165, 1.54) is 96.3 Å². The molecule has 0 aliphatic carbocycles. The maximum Gasteiger partial charge on any atom is 0.407 e. The van der Waals surface area contributed by atoms with Crippen molar-refractivity contribution in [3.8, 4) is 0 Å². The van der Waals surface area contributed by atoms with Crippen molar-refractivity contribution in [2.75, 3.05) is 19.8 Å². The van der Waals surface area contributed by atoms with Crippen LogP contribution in [0.25, 0.3) is 0 Å². The second-order valence-electron chi connectivity index (χ2n) is 8.97. The van der Waals surface area contributed by atoms with Crippen molar-refractivity contribution < 1.29 is 19.4 Å². The van der Waals surface area contributed by atoms with Gasteiger partial charge in [-0.2, -0.15) is 0 Å². The summed E-state index contributed by atoms with van der Waals surface area (Å²) in [5.74, 6) is 0. The van der Waals surface area contributed by atoms with E-state index in [4.69, 9.17) is 14.6 Å². The van der Waals surface area contributed by atoms with E-state index in [2.05, 4.69) is 12.2 Å². The van der Waals surface area contributed by atoms with Crippen molar-refractivity contribution in [3.63, 3.8) is 0 Å². The summed E-state index contributed by atoms with van der Waals surface area (Å²) in [6, 6.07) is 0. The predicted octanol–water partition coefficient (Wildman–Crippen LogP) is 6.51. The Morgan fingerprint density at radius 2 is 1.27 bits per heavy atom. The lowest BCUT2D eigenvalue weighted by atomic mass is 10.0. The number of unbranched alkanes of at least 4 members (excludes halogenated alkanes) is 15. The molecule has 0 aromatic carbocycles. The lowest BCUT2D eigenvalue weighted by molar-refractivity contribution is -0.0161. The molecule has 0 unspecified atom stereocenters. The van der Waals surface area contributed by atoms with E-state index in [9.17, 15) is 4.79 Å². The zero-order chi connectivity index (χ0) is 21.7. The Balaban J connectivity index is 1.73. The summed E-state index contributed by atoms with van der Waals surface area (Å²) >= 11 is 0. The van der Waals surface area contributed by atoms with Crippen LogP contribution in [-0.4, -0.2) is 43.2 Å². The lowest BCUT2D eigenvalue weighted by Gasteiger charge is -2.13. The van der Waals surface area contributed by atoms with Crippen molar-refractivity contribution in [3.05, 3.63) is 0 Å². The van der Waals surface area contributed by atoms with Crippen LogP contribution in [0.1, 0.15) is 122 Å². The van der Waals surface area contributed by atoms with E-state index >= 15 is 0 Å². The van der Waals surface area contributed by atoms with Crippen LogP contribution >= 0.6 is 0 Å². The molecule has 0 bridgehead atoms. The molecule has 0 aromatic rings. The zero-order valence-electron chi connectivity index (χ0n) is 19.7. The molecule has 30 heavy (non-hydrogen) atoms. The number of carbonyl (C=O) groups is 1. The lowest BCUT2D eigenvalue weighted by Crippen LogP contribution is -2.29. The Labute approximate surface area is 185 Å². The van der Waals surface area contributed by atoms with Crippen molar-refractivity contribution in [2.45, 2.75) is 135 Å². The monoisotopic (exact) mass is 427 g/mol. The maximum atomic E-state index is 11.7. The maximum absolute atomic E-state index is 11.7. The fraction of sp³-hybridized carbons (Fsp3) is 0.960. The average molecular weight is 428 g/mol. The Hall–Kier alpha value is -0.810. The fourth-order valence-electron chi connectivity index (χ4n) is 4.12. The number of aliphatic hydroxyl groups is 1. The summed E-state index contributed by atoms with van der Waals surface area (Å²) < 4.78 is 10.7. The Morgan fingerprint density at radius 3 is 1.73 bits per heavy atom. The quantitative estimate of drug-likeness (QED) is 0.217. The molecule has 1 amide bonds. The summed E-state index contributed by atoms with van der Waals surface area (Å²) in [4.78, 5) is 11.7. The highest BCUT2D eigenvalue weighted by Crippen LogP contribution is 2.19. The molecule has 1 rings (SSSR count). The van der Waals surface area contributed by atoms with Gasteiger partial charge in [0.1, 0.15) is 6.61 Å². The highest BCUT2D eigenvalue weighted by Gasteiger charge is 2.25. The SMILES string of the molecule is CCCCCCCCCCCCCCCCCCNC(=O)OC[C@H]1CC[C@@H](CO)O1. The number of nitrogens with one attached hydrogen (secondary N) is 1. The van der Waals surface area contributed by atoms with Crippen LogP contribution in [-0.2, 0) is 9.47 Å². The van der Waals surface area contributed by atoms with E-state index in [1.54, 1.807) is 0 Å². The van der Waals surface area contributed by atoms with Gasteiger partial charge in [0.05, 0.1) is 18.8 Å². The minimum absolute atomic E-state index is 0.0436. The molecule has 1 fully saturated rings. The third-order valence-electron chi connectivity index (χ3n) is 6.10. The summed E-state index contributed by atoms with van der Waals surface area (Å²) in [7, 11) is 0. The zero-order valence-corrected chi connectivity index (χ0v) is 19.7. The number of aliphatic hydroxyl groups excluding tert-OH is 1. The molecule has 1 aliphatic rings. The summed E-state index contributed by atoms with van der Waals surface area (Å²) in [5, 5.41) is 11.8. The molecule has 0 saturated carbocycles. The van der Waals surface area contributed by atoms with Crippen LogP contribution in [0.4, 0.5) is 4.79 Å². The highest BCUT2D eigenvalue weighted by atomic mass is 16.6. The number of alkyl carbamates (subject to hydrolysis) is 1. The normalized spacial score (nSPS) is 18.6. The molecular weight excluding hydrogens is 378 g/mol. The van der Waals surface area contributed by atoms with Gasteiger partial charge in [-0.05, 0) is 19.3 Å². The van der Waals surface area contributed by atoms with Crippen LogP contribution in [0.3, 0.4) is 0 Å². The number of rotatable bonds is 20. The highest BCUT2D eigenvalue weighted by molar-refractivity contribution is 5.67. The van der Waals surface area contributed by atoms with E-state index in [0.717, 1.165) is 19.3 Å². The van der Waals surface area contributed by atoms with Gasteiger partial charge in [0.15, 0.2) is 0 Å².